The molecule has 0 saturated heterocycles. The number of carbonyl (C=O) groups is 2. The van der Waals surface area contributed by atoms with Gasteiger partial charge in [0.25, 0.3) is 11.6 Å². The van der Waals surface area contributed by atoms with Crippen LogP contribution in [0.3, 0.4) is 0 Å². The van der Waals surface area contributed by atoms with Crippen molar-refractivity contribution >= 4 is 23.0 Å². The van der Waals surface area contributed by atoms with Crippen LogP contribution in [0.5, 0.6) is 17.5 Å². The van der Waals surface area contributed by atoms with Crippen molar-refractivity contribution in [1.82, 2.24) is 9.97 Å². The Labute approximate surface area is 235 Å². The molecular weight excluding hydrogens is 528 g/mol. The molecule has 41 heavy (non-hydrogen) atoms. The number of para-hydroxylation sites is 1. The quantitative estimate of drug-likeness (QED) is 0.203. The summed E-state index contributed by atoms with van der Waals surface area (Å²) in [5, 5.41) is 0.256. The first kappa shape index (κ1) is 27.8. The summed E-state index contributed by atoms with van der Waals surface area (Å²) in [5.74, 6) is -0.854. The minimum atomic E-state index is -0.681. The minimum Gasteiger partial charge on any atom is -0.457 e. The maximum Gasteiger partial charge on any atom is 0.347 e. The van der Waals surface area contributed by atoms with E-state index in [0.717, 1.165) is 12.8 Å². The summed E-state index contributed by atoms with van der Waals surface area (Å²) in [6.45, 7) is 5.25. The van der Waals surface area contributed by atoms with Crippen molar-refractivity contribution in [3.63, 3.8) is 0 Å². The van der Waals surface area contributed by atoms with Gasteiger partial charge in [0.2, 0.25) is 5.71 Å². The van der Waals surface area contributed by atoms with Crippen molar-refractivity contribution in [3.8, 4) is 17.5 Å². The lowest BCUT2D eigenvalue weighted by molar-refractivity contribution is -0.131. The van der Waals surface area contributed by atoms with Gasteiger partial charge in [-0.05, 0) is 79.8 Å². The Morgan fingerprint density at radius 3 is 2.51 bits per heavy atom. The van der Waals surface area contributed by atoms with Gasteiger partial charge in [0.05, 0.1) is 0 Å². The highest BCUT2D eigenvalue weighted by molar-refractivity contribution is 5.94. The van der Waals surface area contributed by atoms with E-state index in [1.165, 1.54) is 38.0 Å². The summed E-state index contributed by atoms with van der Waals surface area (Å²) in [7, 11) is 0. The second-order valence-corrected chi connectivity index (χ2v) is 10.6. The van der Waals surface area contributed by atoms with E-state index in [9.17, 15) is 19.2 Å². The lowest BCUT2D eigenvalue weighted by Crippen LogP contribution is -2.16. The van der Waals surface area contributed by atoms with Gasteiger partial charge in [-0.3, -0.25) is 14.6 Å². The topological polar surface area (TPSA) is 138 Å². The molecule has 10 nitrogen and oxygen atoms in total. The fraction of sp³-hybridized carbons (Fsp3) is 0.323. The van der Waals surface area contributed by atoms with E-state index in [0.29, 0.717) is 23.0 Å². The molecule has 1 unspecified atom stereocenters. The van der Waals surface area contributed by atoms with Crippen molar-refractivity contribution in [1.29, 1.82) is 0 Å². The number of esters is 2. The lowest BCUT2D eigenvalue weighted by Gasteiger charge is -2.15. The first-order valence-electron chi connectivity index (χ1n) is 13.4. The smallest absolute Gasteiger partial charge is 0.347 e. The van der Waals surface area contributed by atoms with Crippen LogP contribution >= 0.6 is 0 Å². The van der Waals surface area contributed by atoms with Crippen LogP contribution in [0.15, 0.2) is 68.6 Å². The van der Waals surface area contributed by atoms with Gasteiger partial charge in [-0.25, -0.2) is 9.59 Å². The second kappa shape index (κ2) is 11.4. The Balaban J connectivity index is 1.27. The monoisotopic (exact) mass is 558 g/mol. The van der Waals surface area contributed by atoms with Crippen LogP contribution in [0.4, 0.5) is 0 Å². The second-order valence-electron chi connectivity index (χ2n) is 10.6. The highest BCUT2D eigenvalue weighted by atomic mass is 16.5. The van der Waals surface area contributed by atoms with Gasteiger partial charge >= 0.3 is 17.6 Å². The van der Waals surface area contributed by atoms with Gasteiger partial charge in [-0.1, -0.05) is 31.2 Å². The molecule has 1 aliphatic carbocycles. The fourth-order valence-corrected chi connectivity index (χ4v) is 4.63. The predicted molar refractivity (Wildman–Crippen MR) is 149 cm³/mol. The third kappa shape index (κ3) is 6.71. The van der Waals surface area contributed by atoms with Crippen molar-refractivity contribution < 1.29 is 28.2 Å². The van der Waals surface area contributed by atoms with Crippen molar-refractivity contribution in [2.75, 3.05) is 0 Å². The summed E-state index contributed by atoms with van der Waals surface area (Å²) in [5.41, 5.74) is 0.751. The fourth-order valence-electron chi connectivity index (χ4n) is 4.63. The molecule has 4 aromatic rings. The third-order valence-corrected chi connectivity index (χ3v) is 7.21. The molecule has 2 aromatic heterocycles. The van der Waals surface area contributed by atoms with Gasteiger partial charge in [-0.2, -0.15) is 4.98 Å². The van der Waals surface area contributed by atoms with E-state index in [1.54, 1.807) is 43.3 Å². The van der Waals surface area contributed by atoms with E-state index in [-0.39, 0.29) is 34.2 Å². The van der Waals surface area contributed by atoms with Crippen molar-refractivity contribution in [3.05, 3.63) is 92.1 Å². The number of hydrogen-bond donors (Lipinski definition) is 1. The Morgan fingerprint density at radius 1 is 1.07 bits per heavy atom. The van der Waals surface area contributed by atoms with E-state index in [1.807, 2.05) is 0 Å². The molecule has 0 amide bonds. The standard InChI is InChI=1S/C31H30N2O8/c1-18(20-10-12-22(13-11-20)40-29(37)23-8-4-5-9-24(23)39-19(2)34)38-30-32-27(36)26-21(7-6-14-31(3)15-16-31)17-25(35)41-28(26)33-30/h4-5,8-13,17-18H,6-7,14-16H2,1-3H3,(H,32,33,36). The number of benzene rings is 2. The number of aryl methyl sites for hydroxylation is 1. The van der Waals surface area contributed by atoms with Crippen LogP contribution in [0, 0.1) is 5.41 Å². The zero-order chi connectivity index (χ0) is 29.1. The molecule has 1 saturated carbocycles. The van der Waals surface area contributed by atoms with Gasteiger partial charge in [0.1, 0.15) is 28.6 Å². The number of ether oxygens (including phenoxy) is 3. The average Bonchev–Trinajstić information content (AvgIpc) is 3.65. The summed E-state index contributed by atoms with van der Waals surface area (Å²) < 4.78 is 21.6. The number of hydrogen-bond acceptors (Lipinski definition) is 9. The summed E-state index contributed by atoms with van der Waals surface area (Å²) in [4.78, 5) is 56.0. The molecule has 1 fully saturated rings. The van der Waals surface area contributed by atoms with Crippen LogP contribution < -0.4 is 25.4 Å². The van der Waals surface area contributed by atoms with Crippen molar-refractivity contribution in [2.24, 2.45) is 5.41 Å². The van der Waals surface area contributed by atoms with E-state index in [2.05, 4.69) is 16.9 Å². The van der Waals surface area contributed by atoms with Crippen LogP contribution in [0.1, 0.15) is 74.0 Å². The molecule has 1 aliphatic rings. The lowest BCUT2D eigenvalue weighted by atomic mass is 9.98. The largest absolute Gasteiger partial charge is 0.457 e. The van der Waals surface area contributed by atoms with Gasteiger partial charge < -0.3 is 18.6 Å². The molecule has 1 N–H and O–H groups in total. The maximum atomic E-state index is 13.0. The maximum absolute atomic E-state index is 13.0. The molecule has 5 rings (SSSR count). The summed E-state index contributed by atoms with van der Waals surface area (Å²) >= 11 is 0. The molecule has 1 atom stereocenters. The molecule has 0 aliphatic heterocycles. The van der Waals surface area contributed by atoms with E-state index < -0.39 is 29.2 Å². The molecule has 0 spiro atoms. The SMILES string of the molecule is CC(=O)Oc1ccccc1C(=O)Oc1ccc(C(C)Oc2nc3oc(=O)cc(CCCC4(C)CC4)c3c(=O)[nH]2)cc1. The zero-order valence-corrected chi connectivity index (χ0v) is 23.0. The molecule has 2 heterocycles. The number of nitrogens with zero attached hydrogens (tertiary/aromatic N) is 1. The first-order chi connectivity index (χ1) is 19.6. The summed E-state index contributed by atoms with van der Waals surface area (Å²) in [6, 6.07) is 14.1. The molecule has 0 bridgehead atoms. The number of H-pyrrole nitrogens is 1. The van der Waals surface area contributed by atoms with Crippen LogP contribution in [0.25, 0.3) is 11.1 Å². The number of fused-ring (bicyclic) bond motifs is 1. The van der Waals surface area contributed by atoms with Gasteiger partial charge in [0, 0.05) is 13.0 Å². The zero-order valence-electron chi connectivity index (χ0n) is 23.0. The number of aromatic nitrogens is 2. The van der Waals surface area contributed by atoms with Crippen LogP contribution in [-0.4, -0.2) is 21.9 Å². The Kier molecular flexibility index (Phi) is 7.74. The number of aromatic amines is 1. The highest BCUT2D eigenvalue weighted by Crippen LogP contribution is 2.49. The van der Waals surface area contributed by atoms with E-state index >= 15 is 0 Å². The Hall–Kier alpha value is -4.73. The average molecular weight is 559 g/mol. The Morgan fingerprint density at radius 2 is 1.80 bits per heavy atom. The van der Waals surface area contributed by atoms with Crippen LogP contribution in [-0.2, 0) is 11.2 Å². The molecule has 2 aromatic carbocycles. The molecule has 10 heteroatoms. The van der Waals surface area contributed by atoms with Gasteiger partial charge in [0.15, 0.2) is 0 Å². The van der Waals surface area contributed by atoms with Crippen LogP contribution in [0.2, 0.25) is 0 Å². The Bertz CT molecular complexity index is 1720. The highest BCUT2D eigenvalue weighted by Gasteiger charge is 2.36. The third-order valence-electron chi connectivity index (χ3n) is 7.21. The normalized spacial score (nSPS) is 14.3. The molecule has 0 radical (unpaired) electrons. The van der Waals surface area contributed by atoms with E-state index in [4.69, 9.17) is 18.6 Å². The molecule has 212 valence electrons. The molecular formula is C31H30N2O8. The van der Waals surface area contributed by atoms with Gasteiger partial charge in [-0.15, -0.1) is 0 Å². The minimum absolute atomic E-state index is 0.0626. The number of carbonyl (C=O) groups excluding carboxylic acids is 2. The summed E-state index contributed by atoms with van der Waals surface area (Å²) in [6.07, 6.45) is 4.37. The number of rotatable bonds is 10. The number of nitrogens with one attached hydrogen (secondary N) is 1. The van der Waals surface area contributed by atoms with Crippen molar-refractivity contribution in [2.45, 2.75) is 59.0 Å². The predicted octanol–water partition coefficient (Wildman–Crippen LogP) is 5.28. The first-order valence-corrected chi connectivity index (χ1v) is 13.4.